The Morgan fingerprint density at radius 1 is 1.12 bits per heavy atom. The van der Waals surface area contributed by atoms with E-state index in [-0.39, 0.29) is 17.4 Å². The molecule has 1 aromatic heterocycles. The number of rotatable bonds is 10. The lowest BCUT2D eigenvalue weighted by Gasteiger charge is -2.15. The molecule has 1 aliphatic rings. The molecule has 0 radical (unpaired) electrons. The van der Waals surface area contributed by atoms with E-state index in [2.05, 4.69) is 9.97 Å². The van der Waals surface area contributed by atoms with Crippen LogP contribution in [0.25, 0.3) is 10.9 Å². The molecule has 1 atom stereocenters. The number of halogens is 1. The van der Waals surface area contributed by atoms with Crippen LogP contribution in [0.3, 0.4) is 0 Å². The van der Waals surface area contributed by atoms with Crippen molar-refractivity contribution in [1.29, 1.82) is 0 Å². The number of sulfone groups is 1. The van der Waals surface area contributed by atoms with Crippen molar-refractivity contribution in [2.75, 3.05) is 18.1 Å². The molecule has 0 unspecified atom stereocenters. The van der Waals surface area contributed by atoms with Crippen molar-refractivity contribution in [2.24, 2.45) is 5.92 Å². The van der Waals surface area contributed by atoms with E-state index in [0.29, 0.717) is 47.6 Å². The Balaban J connectivity index is 1.35. The molecule has 1 aliphatic carbocycles. The highest BCUT2D eigenvalue weighted by Crippen LogP contribution is 2.31. The summed E-state index contributed by atoms with van der Waals surface area (Å²) in [5, 5.41) is 0.356. The predicted molar refractivity (Wildman–Crippen MR) is 125 cm³/mol. The molecular weight excluding hydrogens is 447 g/mol. The number of fused-ring (bicyclic) bond motifs is 1. The average molecular weight is 475 g/mol. The molecule has 1 saturated carbocycles. The minimum absolute atomic E-state index is 0.0162. The van der Waals surface area contributed by atoms with Crippen molar-refractivity contribution in [3.8, 4) is 5.75 Å². The lowest BCUT2D eigenvalue weighted by molar-refractivity contribution is 0.298. The second-order valence-electron chi connectivity index (χ2n) is 8.88. The second kappa shape index (κ2) is 9.51. The van der Waals surface area contributed by atoms with Crippen LogP contribution < -0.4 is 16.0 Å². The van der Waals surface area contributed by atoms with Crippen LogP contribution in [0.5, 0.6) is 5.75 Å². The van der Waals surface area contributed by atoms with Crippen molar-refractivity contribution in [3.63, 3.8) is 0 Å². The van der Waals surface area contributed by atoms with Crippen LogP contribution in [-0.2, 0) is 16.3 Å². The van der Waals surface area contributed by atoms with Gasteiger partial charge in [-0.2, -0.15) is 0 Å². The summed E-state index contributed by atoms with van der Waals surface area (Å²) < 4.78 is 45.1. The molecule has 0 spiro atoms. The van der Waals surface area contributed by atoms with E-state index < -0.39 is 26.9 Å². The van der Waals surface area contributed by atoms with Gasteiger partial charge in [-0.05, 0) is 72.9 Å². The van der Waals surface area contributed by atoms with Crippen LogP contribution in [-0.4, -0.2) is 36.5 Å². The Morgan fingerprint density at radius 2 is 1.91 bits per heavy atom. The minimum atomic E-state index is -3.38. The van der Waals surface area contributed by atoms with Gasteiger partial charge < -0.3 is 9.72 Å². The Kier molecular flexibility index (Phi) is 6.69. The Bertz CT molecular complexity index is 1380. The Labute approximate surface area is 190 Å². The highest BCUT2D eigenvalue weighted by atomic mass is 32.2. The van der Waals surface area contributed by atoms with Gasteiger partial charge in [0.25, 0.3) is 5.56 Å². The number of H-pyrrole nitrogens is 2. The third-order valence-corrected chi connectivity index (χ3v) is 7.79. The fourth-order valence-electron chi connectivity index (χ4n) is 3.88. The van der Waals surface area contributed by atoms with E-state index in [4.69, 9.17) is 4.74 Å². The van der Waals surface area contributed by atoms with E-state index in [0.717, 1.165) is 18.4 Å². The largest absolute Gasteiger partial charge is 0.493 e. The van der Waals surface area contributed by atoms with Crippen molar-refractivity contribution in [2.45, 2.75) is 38.5 Å². The van der Waals surface area contributed by atoms with Crippen LogP contribution >= 0.6 is 0 Å². The van der Waals surface area contributed by atoms with Gasteiger partial charge in [0.15, 0.2) is 9.84 Å². The molecule has 33 heavy (non-hydrogen) atoms. The number of aromatic amines is 2. The predicted octanol–water partition coefficient (Wildman–Crippen LogP) is 3.30. The molecule has 176 valence electrons. The van der Waals surface area contributed by atoms with Gasteiger partial charge in [0.05, 0.1) is 29.0 Å². The summed E-state index contributed by atoms with van der Waals surface area (Å²) in [6, 6.07) is 9.49. The zero-order chi connectivity index (χ0) is 23.6. The van der Waals surface area contributed by atoms with E-state index >= 15 is 0 Å². The standard InChI is InChI=1S/C24H27FN2O5S/c1-15(18-10-19(25)12-20(11-18)32-13-17-4-5-17)14-33(30,31)8-2-3-16-6-7-22-21(9-16)23(28)27-24(29)26-22/h6-7,9-12,15,17H,2-5,8,13-14H2,1H3,(H2,26,27,28,29)/t15-/m0/s1. The lowest BCUT2D eigenvalue weighted by Crippen LogP contribution is -2.21. The SMILES string of the molecule is C[C@@H](CS(=O)(=O)CCCc1ccc2[nH]c(=O)[nH]c(=O)c2c1)c1cc(F)cc(OCC2CC2)c1. The first-order chi connectivity index (χ1) is 15.7. The summed E-state index contributed by atoms with van der Waals surface area (Å²) >= 11 is 0. The molecule has 2 N–H and O–H groups in total. The van der Waals surface area contributed by atoms with Crippen molar-refractivity contribution < 1.29 is 17.5 Å². The summed E-state index contributed by atoms with van der Waals surface area (Å²) in [5.74, 6) is 0.0706. The molecule has 0 aliphatic heterocycles. The highest BCUT2D eigenvalue weighted by Gasteiger charge is 2.23. The number of aromatic nitrogens is 2. The maximum absolute atomic E-state index is 14.0. The summed E-state index contributed by atoms with van der Waals surface area (Å²) in [5.41, 5.74) is 0.801. The summed E-state index contributed by atoms with van der Waals surface area (Å²) in [7, 11) is -3.38. The maximum Gasteiger partial charge on any atom is 0.326 e. The normalized spacial score (nSPS) is 15.0. The monoisotopic (exact) mass is 474 g/mol. The Morgan fingerprint density at radius 3 is 2.67 bits per heavy atom. The van der Waals surface area contributed by atoms with Gasteiger partial charge in [0, 0.05) is 6.07 Å². The van der Waals surface area contributed by atoms with Gasteiger partial charge in [-0.3, -0.25) is 9.78 Å². The summed E-state index contributed by atoms with van der Waals surface area (Å²) in [4.78, 5) is 28.1. The van der Waals surface area contributed by atoms with Crippen LogP contribution in [0.15, 0.2) is 46.0 Å². The van der Waals surface area contributed by atoms with Gasteiger partial charge in [0.2, 0.25) is 0 Å². The third kappa shape index (κ3) is 6.31. The first kappa shape index (κ1) is 23.2. The molecular formula is C24H27FN2O5S. The third-order valence-electron chi connectivity index (χ3n) is 5.87. The van der Waals surface area contributed by atoms with E-state index in [1.807, 2.05) is 0 Å². The molecule has 9 heteroatoms. The van der Waals surface area contributed by atoms with Crippen molar-refractivity contribution >= 4 is 20.7 Å². The van der Waals surface area contributed by atoms with E-state index in [1.54, 1.807) is 31.2 Å². The van der Waals surface area contributed by atoms with Gasteiger partial charge in [-0.15, -0.1) is 0 Å². The maximum atomic E-state index is 14.0. The van der Waals surface area contributed by atoms with Gasteiger partial charge in [-0.1, -0.05) is 13.0 Å². The average Bonchev–Trinajstić information content (AvgIpc) is 3.56. The molecule has 3 aromatic rings. The molecule has 1 heterocycles. The summed E-state index contributed by atoms with van der Waals surface area (Å²) in [6.07, 6.45) is 3.13. The van der Waals surface area contributed by atoms with E-state index in [1.165, 1.54) is 12.1 Å². The molecule has 0 bridgehead atoms. The number of hydrogen-bond acceptors (Lipinski definition) is 5. The number of ether oxygens (including phenoxy) is 1. The minimum Gasteiger partial charge on any atom is -0.493 e. The van der Waals surface area contributed by atoms with Crippen molar-refractivity contribution in [3.05, 3.63) is 74.2 Å². The molecule has 7 nitrogen and oxygen atoms in total. The number of benzene rings is 2. The molecule has 0 amide bonds. The summed E-state index contributed by atoms with van der Waals surface area (Å²) in [6.45, 7) is 2.33. The number of hydrogen-bond donors (Lipinski definition) is 2. The van der Waals surface area contributed by atoms with Crippen LogP contribution in [0.4, 0.5) is 4.39 Å². The fraction of sp³-hybridized carbons (Fsp3) is 0.417. The number of nitrogens with one attached hydrogen (secondary N) is 2. The molecule has 1 fully saturated rings. The zero-order valence-electron chi connectivity index (χ0n) is 18.4. The smallest absolute Gasteiger partial charge is 0.326 e. The second-order valence-corrected chi connectivity index (χ2v) is 11.1. The molecule has 2 aromatic carbocycles. The Hall–Kier alpha value is -2.94. The fourth-order valence-corrected chi connectivity index (χ4v) is 5.58. The van der Waals surface area contributed by atoms with Gasteiger partial charge in [-0.25, -0.2) is 17.6 Å². The zero-order valence-corrected chi connectivity index (χ0v) is 19.2. The van der Waals surface area contributed by atoms with Crippen molar-refractivity contribution in [1.82, 2.24) is 9.97 Å². The highest BCUT2D eigenvalue weighted by molar-refractivity contribution is 7.91. The quantitative estimate of drug-likeness (QED) is 0.469. The topological polar surface area (TPSA) is 109 Å². The first-order valence-electron chi connectivity index (χ1n) is 11.1. The van der Waals surface area contributed by atoms with Crippen LogP contribution in [0.2, 0.25) is 0 Å². The molecule has 0 saturated heterocycles. The number of aryl methyl sites for hydroxylation is 1. The first-order valence-corrected chi connectivity index (χ1v) is 12.9. The lowest BCUT2D eigenvalue weighted by atomic mass is 10.0. The van der Waals surface area contributed by atoms with E-state index in [9.17, 15) is 22.4 Å². The van der Waals surface area contributed by atoms with Gasteiger partial charge >= 0.3 is 5.69 Å². The molecule has 4 rings (SSSR count). The van der Waals surface area contributed by atoms with Gasteiger partial charge in [0.1, 0.15) is 11.6 Å². The van der Waals surface area contributed by atoms with Crippen LogP contribution in [0, 0.1) is 11.7 Å². The van der Waals surface area contributed by atoms with Crippen LogP contribution in [0.1, 0.15) is 43.2 Å².